The van der Waals surface area contributed by atoms with E-state index in [1.165, 1.54) is 10.5 Å². The minimum atomic E-state index is -3.67. The van der Waals surface area contributed by atoms with Gasteiger partial charge in [-0.3, -0.25) is 4.79 Å². The van der Waals surface area contributed by atoms with Crippen molar-refractivity contribution in [1.29, 1.82) is 0 Å². The first kappa shape index (κ1) is 21.3. The quantitative estimate of drug-likeness (QED) is 0.628. The van der Waals surface area contributed by atoms with E-state index in [4.69, 9.17) is 0 Å². The zero-order chi connectivity index (χ0) is 22.0. The van der Waals surface area contributed by atoms with Gasteiger partial charge in [0.05, 0.1) is 0 Å². The van der Waals surface area contributed by atoms with Crippen LogP contribution in [0, 0.1) is 6.92 Å². The van der Waals surface area contributed by atoms with Gasteiger partial charge in [-0.2, -0.15) is 4.31 Å². The maximum Gasteiger partial charge on any atom is 0.262 e. The molecule has 1 saturated heterocycles. The number of hydrogen-bond donors (Lipinski definition) is 0. The average Bonchev–Trinajstić information content (AvgIpc) is 2.98. The summed E-state index contributed by atoms with van der Waals surface area (Å²) >= 11 is 0. The summed E-state index contributed by atoms with van der Waals surface area (Å²) in [5.74, 6) is 0.566. The number of imidazole rings is 1. The van der Waals surface area contributed by atoms with E-state index < -0.39 is 10.0 Å². The van der Waals surface area contributed by atoms with Crippen LogP contribution in [0.1, 0.15) is 22.6 Å². The van der Waals surface area contributed by atoms with Gasteiger partial charge in [0, 0.05) is 45.0 Å². The van der Waals surface area contributed by atoms with E-state index in [2.05, 4.69) is 4.98 Å². The molecule has 7 nitrogen and oxygen atoms in total. The molecule has 2 aromatic carbocycles. The number of rotatable bonds is 4. The molecule has 1 aromatic heterocycles. The topological polar surface area (TPSA) is 75.5 Å². The molecule has 0 unspecified atom stereocenters. The van der Waals surface area contributed by atoms with Crippen molar-refractivity contribution in [2.24, 2.45) is 7.05 Å². The van der Waals surface area contributed by atoms with E-state index in [9.17, 15) is 13.2 Å². The number of aromatic nitrogens is 2. The van der Waals surface area contributed by atoms with E-state index in [0.717, 1.165) is 11.1 Å². The van der Waals surface area contributed by atoms with Crippen LogP contribution in [0.4, 0.5) is 0 Å². The summed E-state index contributed by atoms with van der Waals surface area (Å²) in [6, 6.07) is 17.6. The van der Waals surface area contributed by atoms with Gasteiger partial charge in [-0.25, -0.2) is 13.4 Å². The molecule has 1 aliphatic heterocycles. The Hall–Kier alpha value is -2.97. The Bertz CT molecular complexity index is 1150. The van der Waals surface area contributed by atoms with E-state index in [1.54, 1.807) is 23.4 Å². The van der Waals surface area contributed by atoms with Gasteiger partial charge in [0.15, 0.2) is 5.03 Å². The van der Waals surface area contributed by atoms with Gasteiger partial charge in [0.2, 0.25) is 0 Å². The zero-order valence-electron chi connectivity index (χ0n) is 17.7. The summed E-state index contributed by atoms with van der Waals surface area (Å²) in [4.78, 5) is 18.9. The van der Waals surface area contributed by atoms with Gasteiger partial charge in [0.1, 0.15) is 5.82 Å². The Kier molecular flexibility index (Phi) is 5.93. The van der Waals surface area contributed by atoms with Crippen molar-refractivity contribution in [3.8, 4) is 11.1 Å². The van der Waals surface area contributed by atoms with Gasteiger partial charge in [-0.15, -0.1) is 0 Å². The van der Waals surface area contributed by atoms with Gasteiger partial charge in [0.25, 0.3) is 15.9 Å². The van der Waals surface area contributed by atoms with Crippen LogP contribution in [-0.4, -0.2) is 59.3 Å². The van der Waals surface area contributed by atoms with Crippen LogP contribution >= 0.6 is 0 Å². The maximum atomic E-state index is 13.0. The molecule has 1 amide bonds. The molecular weight excluding hydrogens is 412 g/mol. The Labute approximate surface area is 183 Å². The van der Waals surface area contributed by atoms with Crippen LogP contribution in [0.2, 0.25) is 0 Å². The third kappa shape index (κ3) is 4.40. The summed E-state index contributed by atoms with van der Waals surface area (Å²) in [7, 11) is -1.90. The number of aryl methyl sites for hydroxylation is 2. The highest BCUT2D eigenvalue weighted by molar-refractivity contribution is 7.89. The first-order chi connectivity index (χ1) is 14.9. The summed E-state index contributed by atoms with van der Waals surface area (Å²) in [5.41, 5.74) is 2.76. The molecule has 4 rings (SSSR count). The molecule has 2 heterocycles. The van der Waals surface area contributed by atoms with Crippen molar-refractivity contribution in [3.63, 3.8) is 0 Å². The van der Waals surface area contributed by atoms with Crippen molar-refractivity contribution < 1.29 is 13.2 Å². The van der Waals surface area contributed by atoms with Crippen molar-refractivity contribution in [2.75, 3.05) is 26.2 Å². The van der Waals surface area contributed by atoms with Gasteiger partial charge in [-0.05, 0) is 36.6 Å². The zero-order valence-corrected chi connectivity index (χ0v) is 18.5. The predicted molar refractivity (Wildman–Crippen MR) is 119 cm³/mol. The second-order valence-corrected chi connectivity index (χ2v) is 9.62. The molecule has 3 aromatic rings. The van der Waals surface area contributed by atoms with E-state index in [0.29, 0.717) is 37.4 Å². The molecule has 0 spiro atoms. The van der Waals surface area contributed by atoms with Gasteiger partial charge < -0.3 is 9.47 Å². The second-order valence-electron chi connectivity index (χ2n) is 7.73. The number of nitrogens with zero attached hydrogens (tertiary/aromatic N) is 4. The third-order valence-corrected chi connectivity index (χ3v) is 7.44. The predicted octanol–water partition coefficient (Wildman–Crippen LogP) is 2.93. The molecule has 0 N–H and O–H groups in total. The highest BCUT2D eigenvalue weighted by Crippen LogP contribution is 2.21. The molecule has 0 radical (unpaired) electrons. The molecule has 0 aliphatic carbocycles. The summed E-state index contributed by atoms with van der Waals surface area (Å²) in [6.07, 6.45) is 2.12. The first-order valence-corrected chi connectivity index (χ1v) is 11.7. The Balaban J connectivity index is 1.45. The fraction of sp³-hybridized carbons (Fsp3) is 0.304. The van der Waals surface area contributed by atoms with Crippen molar-refractivity contribution in [2.45, 2.75) is 18.4 Å². The van der Waals surface area contributed by atoms with Crippen LogP contribution in [0.15, 0.2) is 65.8 Å². The van der Waals surface area contributed by atoms with E-state index >= 15 is 0 Å². The highest BCUT2D eigenvalue weighted by Gasteiger charge is 2.30. The molecule has 0 saturated carbocycles. The fourth-order valence-electron chi connectivity index (χ4n) is 3.74. The van der Waals surface area contributed by atoms with Crippen LogP contribution < -0.4 is 0 Å². The van der Waals surface area contributed by atoms with Gasteiger partial charge >= 0.3 is 0 Å². The number of hydrogen-bond acceptors (Lipinski definition) is 4. The minimum absolute atomic E-state index is 0.0591. The standard InChI is InChI=1S/C23H26N4O3S/c1-18-24-22(17-25(18)2)31(29,30)27-14-6-13-26(15-16-27)23(28)21-11-9-20(10-12-21)19-7-4-3-5-8-19/h3-5,7-12,17H,6,13-16H2,1-2H3. The number of amides is 1. The second kappa shape index (κ2) is 8.64. The van der Waals surface area contributed by atoms with E-state index in [1.807, 2.05) is 54.6 Å². The highest BCUT2D eigenvalue weighted by atomic mass is 32.2. The Morgan fingerprint density at radius 3 is 2.23 bits per heavy atom. The number of benzene rings is 2. The monoisotopic (exact) mass is 438 g/mol. The Morgan fingerprint density at radius 2 is 1.58 bits per heavy atom. The summed E-state index contributed by atoms with van der Waals surface area (Å²) in [5, 5.41) is 0.0591. The van der Waals surface area contributed by atoms with Crippen molar-refractivity contribution in [3.05, 3.63) is 72.2 Å². The smallest absolute Gasteiger partial charge is 0.262 e. The number of sulfonamides is 1. The Morgan fingerprint density at radius 1 is 0.903 bits per heavy atom. The molecular formula is C23H26N4O3S. The third-order valence-electron chi connectivity index (χ3n) is 5.67. The van der Waals surface area contributed by atoms with Gasteiger partial charge in [-0.1, -0.05) is 42.5 Å². The van der Waals surface area contributed by atoms with E-state index in [-0.39, 0.29) is 17.5 Å². The fourth-order valence-corrected chi connectivity index (χ4v) is 5.23. The lowest BCUT2D eigenvalue weighted by Gasteiger charge is -2.21. The lowest BCUT2D eigenvalue weighted by atomic mass is 10.0. The van der Waals surface area contributed by atoms with Crippen LogP contribution in [0.25, 0.3) is 11.1 Å². The maximum absolute atomic E-state index is 13.0. The molecule has 0 atom stereocenters. The molecule has 1 fully saturated rings. The molecule has 8 heteroatoms. The normalized spacial score (nSPS) is 15.6. The number of carbonyl (C=O) groups is 1. The first-order valence-electron chi connectivity index (χ1n) is 10.3. The lowest BCUT2D eigenvalue weighted by Crippen LogP contribution is -2.37. The van der Waals surface area contributed by atoms with Crippen LogP contribution in [-0.2, 0) is 17.1 Å². The molecule has 0 bridgehead atoms. The summed E-state index contributed by atoms with van der Waals surface area (Å²) < 4.78 is 29.1. The molecule has 31 heavy (non-hydrogen) atoms. The minimum Gasteiger partial charge on any atom is -0.337 e. The number of carbonyl (C=O) groups excluding carboxylic acids is 1. The SMILES string of the molecule is Cc1nc(S(=O)(=O)N2CCCN(C(=O)c3ccc(-c4ccccc4)cc3)CC2)cn1C. The molecule has 1 aliphatic rings. The average molecular weight is 439 g/mol. The largest absolute Gasteiger partial charge is 0.337 e. The van der Waals surface area contributed by atoms with Crippen molar-refractivity contribution in [1.82, 2.24) is 18.8 Å². The summed E-state index contributed by atoms with van der Waals surface area (Å²) in [6.45, 7) is 3.27. The van der Waals surface area contributed by atoms with Crippen LogP contribution in [0.3, 0.4) is 0 Å². The van der Waals surface area contributed by atoms with Crippen molar-refractivity contribution >= 4 is 15.9 Å². The lowest BCUT2D eigenvalue weighted by molar-refractivity contribution is 0.0764. The molecule has 162 valence electrons. The van der Waals surface area contributed by atoms with Crippen LogP contribution in [0.5, 0.6) is 0 Å².